The van der Waals surface area contributed by atoms with Crippen LogP contribution in [0.15, 0.2) is 0 Å². The lowest BCUT2D eigenvalue weighted by molar-refractivity contribution is -0.134. The van der Waals surface area contributed by atoms with E-state index in [2.05, 4.69) is 5.32 Å². The van der Waals surface area contributed by atoms with Crippen molar-refractivity contribution in [2.24, 2.45) is 5.73 Å². The predicted octanol–water partition coefficient (Wildman–Crippen LogP) is 2.24. The molecule has 1 rings (SSSR count). The summed E-state index contributed by atoms with van der Waals surface area (Å²) < 4.78 is 5.21. The molecule has 1 saturated carbocycles. The van der Waals surface area contributed by atoms with E-state index in [-0.39, 0.29) is 5.84 Å². The van der Waals surface area contributed by atoms with Gasteiger partial charge in [0.15, 0.2) is 0 Å². The zero-order valence-electron chi connectivity index (χ0n) is 13.3. The van der Waals surface area contributed by atoms with Gasteiger partial charge in [-0.25, -0.2) is 4.79 Å². The zero-order valence-corrected chi connectivity index (χ0v) is 13.3. The van der Waals surface area contributed by atoms with Crippen molar-refractivity contribution in [2.45, 2.75) is 70.9 Å². The molecular formula is C14H27N3O4. The first-order chi connectivity index (χ1) is 9.48. The molecule has 1 aliphatic carbocycles. The number of rotatable bonds is 2. The van der Waals surface area contributed by atoms with E-state index in [4.69, 9.17) is 25.8 Å². The molecule has 7 heteroatoms. The maximum absolute atomic E-state index is 11.8. The number of nitrogens with one attached hydrogen (secondary N) is 2. The van der Waals surface area contributed by atoms with Crippen molar-refractivity contribution in [1.29, 1.82) is 5.41 Å². The minimum absolute atomic E-state index is 0.0306. The summed E-state index contributed by atoms with van der Waals surface area (Å²) in [5, 5.41) is 17.9. The molecule has 0 radical (unpaired) electrons. The fourth-order valence-corrected chi connectivity index (χ4v) is 2.12. The Bertz CT molecular complexity index is 378. The fraction of sp³-hybridized carbons (Fsp3) is 0.786. The van der Waals surface area contributed by atoms with E-state index in [1.54, 1.807) is 0 Å². The van der Waals surface area contributed by atoms with Crippen molar-refractivity contribution in [3.8, 4) is 0 Å². The number of alkyl carbamates (subject to hydrolysis) is 1. The summed E-state index contributed by atoms with van der Waals surface area (Å²) in [4.78, 5) is 20.8. The van der Waals surface area contributed by atoms with Gasteiger partial charge < -0.3 is 20.9 Å². The molecule has 1 fully saturated rings. The molecule has 0 aliphatic heterocycles. The van der Waals surface area contributed by atoms with Crippen molar-refractivity contribution in [3.63, 3.8) is 0 Å². The minimum atomic E-state index is -0.833. The van der Waals surface area contributed by atoms with Gasteiger partial charge in [0.2, 0.25) is 0 Å². The maximum Gasteiger partial charge on any atom is 0.408 e. The molecule has 0 unspecified atom stereocenters. The number of ether oxygens (including phenoxy) is 1. The monoisotopic (exact) mass is 301 g/mol. The Morgan fingerprint density at radius 1 is 1.24 bits per heavy atom. The Hall–Kier alpha value is -1.79. The number of carbonyl (C=O) groups is 2. The molecule has 0 spiro atoms. The lowest BCUT2D eigenvalue weighted by Crippen LogP contribution is -2.58. The molecule has 5 N–H and O–H groups in total. The Kier molecular flexibility index (Phi) is 7.18. The van der Waals surface area contributed by atoms with Crippen LogP contribution in [0.2, 0.25) is 0 Å². The van der Waals surface area contributed by atoms with Crippen LogP contribution >= 0.6 is 0 Å². The second-order valence-corrected chi connectivity index (χ2v) is 6.20. The summed E-state index contributed by atoms with van der Waals surface area (Å²) in [7, 11) is 0. The van der Waals surface area contributed by atoms with Crippen LogP contribution in [-0.2, 0) is 9.53 Å². The molecule has 0 aromatic rings. The summed E-state index contributed by atoms with van der Waals surface area (Å²) in [5.41, 5.74) is 4.40. The van der Waals surface area contributed by atoms with Crippen LogP contribution in [0, 0.1) is 5.41 Å². The van der Waals surface area contributed by atoms with E-state index in [1.165, 1.54) is 0 Å². The van der Waals surface area contributed by atoms with Crippen molar-refractivity contribution < 1.29 is 19.4 Å². The van der Waals surface area contributed by atoms with Gasteiger partial charge in [-0.2, -0.15) is 0 Å². The summed E-state index contributed by atoms with van der Waals surface area (Å²) in [6.07, 6.45) is 4.05. The van der Waals surface area contributed by atoms with Gasteiger partial charge in [0.25, 0.3) is 5.97 Å². The smallest absolute Gasteiger partial charge is 0.408 e. The third-order valence-electron chi connectivity index (χ3n) is 2.96. The van der Waals surface area contributed by atoms with Crippen LogP contribution in [0.25, 0.3) is 0 Å². The first kappa shape index (κ1) is 19.2. The van der Waals surface area contributed by atoms with Gasteiger partial charge >= 0.3 is 6.09 Å². The Labute approximate surface area is 125 Å². The predicted molar refractivity (Wildman–Crippen MR) is 80.4 cm³/mol. The SMILES string of the molecule is CC(=O)O.CC(C)(C)OC(=O)NC1(C(=N)N)CCCCC1. The Morgan fingerprint density at radius 2 is 1.67 bits per heavy atom. The Balaban J connectivity index is 0.000000885. The average molecular weight is 301 g/mol. The summed E-state index contributed by atoms with van der Waals surface area (Å²) in [6.45, 7) is 6.52. The fourth-order valence-electron chi connectivity index (χ4n) is 2.12. The van der Waals surface area contributed by atoms with Gasteiger partial charge in [0.1, 0.15) is 11.4 Å². The molecule has 0 heterocycles. The molecular weight excluding hydrogens is 274 g/mol. The van der Waals surface area contributed by atoms with Crippen molar-refractivity contribution >= 4 is 17.9 Å². The number of aliphatic carboxylic acids is 1. The number of carboxylic acids is 1. The lowest BCUT2D eigenvalue weighted by atomic mass is 9.81. The normalized spacial score (nSPS) is 17.0. The van der Waals surface area contributed by atoms with Gasteiger partial charge in [-0.15, -0.1) is 0 Å². The van der Waals surface area contributed by atoms with Gasteiger partial charge in [-0.05, 0) is 33.6 Å². The first-order valence-corrected chi connectivity index (χ1v) is 7.04. The number of carbonyl (C=O) groups excluding carboxylic acids is 1. The molecule has 1 amide bonds. The topological polar surface area (TPSA) is 125 Å². The van der Waals surface area contributed by atoms with E-state index < -0.39 is 23.2 Å². The number of amides is 1. The second-order valence-electron chi connectivity index (χ2n) is 6.20. The van der Waals surface area contributed by atoms with Crippen LogP contribution in [-0.4, -0.2) is 34.1 Å². The quantitative estimate of drug-likeness (QED) is 0.459. The third-order valence-corrected chi connectivity index (χ3v) is 2.96. The van der Waals surface area contributed by atoms with Crippen LogP contribution in [0.5, 0.6) is 0 Å². The van der Waals surface area contributed by atoms with Crippen LogP contribution < -0.4 is 11.1 Å². The van der Waals surface area contributed by atoms with E-state index in [0.717, 1.165) is 39.0 Å². The van der Waals surface area contributed by atoms with E-state index >= 15 is 0 Å². The minimum Gasteiger partial charge on any atom is -0.481 e. The highest BCUT2D eigenvalue weighted by atomic mass is 16.6. The highest BCUT2D eigenvalue weighted by Crippen LogP contribution is 2.28. The Morgan fingerprint density at radius 3 is 2.00 bits per heavy atom. The molecule has 21 heavy (non-hydrogen) atoms. The number of amidine groups is 1. The average Bonchev–Trinajstić information content (AvgIpc) is 2.26. The van der Waals surface area contributed by atoms with Crippen LogP contribution in [0.3, 0.4) is 0 Å². The summed E-state index contributed by atoms with van der Waals surface area (Å²) in [5.74, 6) is -0.803. The zero-order chi connectivity index (χ0) is 16.7. The summed E-state index contributed by atoms with van der Waals surface area (Å²) >= 11 is 0. The van der Waals surface area contributed by atoms with Crippen LogP contribution in [0.4, 0.5) is 4.79 Å². The van der Waals surface area contributed by atoms with Gasteiger partial charge in [-0.1, -0.05) is 19.3 Å². The molecule has 122 valence electrons. The number of carboxylic acid groups (broad SMARTS) is 1. The van der Waals surface area contributed by atoms with Crippen molar-refractivity contribution in [3.05, 3.63) is 0 Å². The van der Waals surface area contributed by atoms with Crippen molar-refractivity contribution in [2.75, 3.05) is 0 Å². The highest BCUT2D eigenvalue weighted by molar-refractivity contribution is 5.90. The first-order valence-electron chi connectivity index (χ1n) is 7.04. The highest BCUT2D eigenvalue weighted by Gasteiger charge is 2.37. The molecule has 0 saturated heterocycles. The second kappa shape index (κ2) is 7.85. The van der Waals surface area contributed by atoms with E-state index in [0.29, 0.717) is 0 Å². The van der Waals surface area contributed by atoms with E-state index in [1.807, 2.05) is 20.8 Å². The number of hydrogen-bond acceptors (Lipinski definition) is 4. The third kappa shape index (κ3) is 8.16. The molecule has 0 bridgehead atoms. The molecule has 0 aromatic heterocycles. The van der Waals surface area contributed by atoms with Crippen molar-refractivity contribution in [1.82, 2.24) is 5.32 Å². The molecule has 1 aliphatic rings. The van der Waals surface area contributed by atoms with Gasteiger partial charge in [-0.3, -0.25) is 10.2 Å². The van der Waals surface area contributed by atoms with Crippen LogP contribution in [0.1, 0.15) is 59.8 Å². The largest absolute Gasteiger partial charge is 0.481 e. The lowest BCUT2D eigenvalue weighted by Gasteiger charge is -2.37. The summed E-state index contributed by atoms with van der Waals surface area (Å²) in [6, 6.07) is 0. The molecule has 7 nitrogen and oxygen atoms in total. The maximum atomic E-state index is 11.8. The van der Waals surface area contributed by atoms with Gasteiger partial charge in [0.05, 0.1) is 5.54 Å². The number of hydrogen-bond donors (Lipinski definition) is 4. The standard InChI is InChI=1S/C12H23N3O2.C2H4O2/c1-11(2,3)17-10(16)15-12(9(13)14)7-5-4-6-8-12;1-2(3)4/h4-8H2,1-3H3,(H3,13,14)(H,15,16);1H3,(H,3,4). The van der Waals surface area contributed by atoms with Gasteiger partial charge in [0, 0.05) is 6.92 Å². The van der Waals surface area contributed by atoms with E-state index in [9.17, 15) is 4.79 Å². The molecule has 0 aromatic carbocycles. The molecule has 0 atom stereocenters. The number of nitrogens with two attached hydrogens (primary N) is 1.